The van der Waals surface area contributed by atoms with E-state index < -0.39 is 21.3 Å². The number of rotatable bonds is 15. The molecule has 23 heavy (non-hydrogen) atoms. The van der Waals surface area contributed by atoms with E-state index in [0.717, 1.165) is 38.1 Å². The van der Waals surface area contributed by atoms with Crippen LogP contribution in [0.3, 0.4) is 0 Å². The van der Waals surface area contributed by atoms with Crippen LogP contribution in [0.5, 0.6) is 0 Å². The molecule has 0 spiro atoms. The van der Waals surface area contributed by atoms with E-state index in [2.05, 4.69) is 12.6 Å². The van der Waals surface area contributed by atoms with Gasteiger partial charge in [0, 0.05) is 12.8 Å². The van der Waals surface area contributed by atoms with Crippen LogP contribution < -0.4 is 5.73 Å². The Morgan fingerprint density at radius 2 is 1.74 bits per heavy atom. The monoisotopic (exact) mass is 391 g/mol. The molecular formula is C13H31NO6P2S. The second-order valence-corrected chi connectivity index (χ2v) is 9.85. The van der Waals surface area contributed by atoms with Crippen LogP contribution in [0.15, 0.2) is 0 Å². The fraction of sp³-hybridized carbons (Fsp3) is 1.00. The van der Waals surface area contributed by atoms with Crippen LogP contribution in [0.25, 0.3) is 0 Å². The van der Waals surface area contributed by atoms with Crippen LogP contribution in [0.2, 0.25) is 0 Å². The van der Waals surface area contributed by atoms with Gasteiger partial charge in [0.25, 0.3) is 0 Å². The SMILES string of the molecule is CP(=O)(O)OCC(CCCCN)OP(=O)(O)CCCCCCS. The highest BCUT2D eigenvalue weighted by Crippen LogP contribution is 2.46. The smallest absolute Gasteiger partial charge is 0.328 e. The third-order valence-electron chi connectivity index (χ3n) is 3.14. The first-order valence-electron chi connectivity index (χ1n) is 7.96. The van der Waals surface area contributed by atoms with Gasteiger partial charge in [-0.15, -0.1) is 0 Å². The molecule has 0 heterocycles. The summed E-state index contributed by atoms with van der Waals surface area (Å²) in [5.41, 5.74) is 5.42. The van der Waals surface area contributed by atoms with Crippen molar-refractivity contribution in [1.82, 2.24) is 0 Å². The van der Waals surface area contributed by atoms with Crippen molar-refractivity contribution in [2.75, 3.05) is 31.7 Å². The van der Waals surface area contributed by atoms with Crippen molar-refractivity contribution < 1.29 is 28.0 Å². The van der Waals surface area contributed by atoms with Crippen LogP contribution in [0.1, 0.15) is 44.9 Å². The maximum Gasteiger partial charge on any atom is 0.328 e. The van der Waals surface area contributed by atoms with E-state index in [-0.39, 0.29) is 12.8 Å². The number of unbranched alkanes of at least 4 members (excludes halogenated alkanes) is 4. The lowest BCUT2D eigenvalue weighted by molar-refractivity contribution is 0.0988. The van der Waals surface area contributed by atoms with Gasteiger partial charge in [0.1, 0.15) is 0 Å². The van der Waals surface area contributed by atoms with Gasteiger partial charge < -0.3 is 24.6 Å². The Morgan fingerprint density at radius 1 is 1.09 bits per heavy atom. The van der Waals surface area contributed by atoms with Gasteiger partial charge in [-0.25, -0.2) is 0 Å². The highest BCUT2D eigenvalue weighted by Gasteiger charge is 2.26. The van der Waals surface area contributed by atoms with Gasteiger partial charge in [-0.05, 0) is 44.4 Å². The summed E-state index contributed by atoms with van der Waals surface area (Å²) >= 11 is 4.12. The Balaban J connectivity index is 4.33. The summed E-state index contributed by atoms with van der Waals surface area (Å²) in [4.78, 5) is 19.1. The summed E-state index contributed by atoms with van der Waals surface area (Å²) in [5.74, 6) is 0.812. The molecule has 0 saturated heterocycles. The zero-order chi connectivity index (χ0) is 17.8. The average molecular weight is 391 g/mol. The summed E-state index contributed by atoms with van der Waals surface area (Å²) in [6.07, 6.45) is 4.71. The molecule has 3 unspecified atom stereocenters. The highest BCUT2D eigenvalue weighted by atomic mass is 32.1. The van der Waals surface area contributed by atoms with Crippen molar-refractivity contribution in [1.29, 1.82) is 0 Å². The van der Waals surface area contributed by atoms with E-state index in [0.29, 0.717) is 25.8 Å². The average Bonchev–Trinajstić information content (AvgIpc) is 2.43. The largest absolute Gasteiger partial charge is 0.330 e. The maximum absolute atomic E-state index is 12.1. The van der Waals surface area contributed by atoms with E-state index >= 15 is 0 Å². The zero-order valence-electron chi connectivity index (χ0n) is 13.8. The molecule has 0 amide bonds. The van der Waals surface area contributed by atoms with Crippen molar-refractivity contribution >= 4 is 27.8 Å². The highest BCUT2D eigenvalue weighted by molar-refractivity contribution is 7.80. The summed E-state index contributed by atoms with van der Waals surface area (Å²) in [7, 11) is -7.37. The standard InChI is InChI=1S/C13H31NO6P2S/c1-21(15,16)19-12-13(8-4-5-9-14)20-22(17,18)10-6-2-3-7-11-23/h13,23H,2-12,14H2,1H3,(H,15,16)(H,17,18). The van der Waals surface area contributed by atoms with E-state index in [1.807, 2.05) is 0 Å². The molecule has 140 valence electrons. The Labute approximate surface area is 144 Å². The lowest BCUT2D eigenvalue weighted by atomic mass is 10.2. The lowest BCUT2D eigenvalue weighted by Gasteiger charge is -2.22. The van der Waals surface area contributed by atoms with Crippen molar-refractivity contribution in [2.45, 2.75) is 51.0 Å². The molecule has 0 aromatic rings. The van der Waals surface area contributed by atoms with Crippen LogP contribution >= 0.6 is 27.8 Å². The van der Waals surface area contributed by atoms with Crippen molar-refractivity contribution in [3.8, 4) is 0 Å². The van der Waals surface area contributed by atoms with Crippen molar-refractivity contribution in [3.05, 3.63) is 0 Å². The summed E-state index contributed by atoms with van der Waals surface area (Å²) in [6, 6.07) is 0. The second-order valence-electron chi connectivity index (χ2n) is 5.61. The van der Waals surface area contributed by atoms with Crippen molar-refractivity contribution in [2.24, 2.45) is 5.73 Å². The minimum atomic E-state index is -3.73. The van der Waals surface area contributed by atoms with E-state index in [9.17, 15) is 18.9 Å². The Bertz CT molecular complexity index is 393. The first kappa shape index (κ1) is 23.6. The molecule has 0 saturated carbocycles. The zero-order valence-corrected chi connectivity index (χ0v) is 16.5. The molecule has 3 atom stereocenters. The third-order valence-corrected chi connectivity index (χ3v) is 5.60. The molecule has 0 radical (unpaired) electrons. The molecule has 0 aliphatic rings. The lowest BCUT2D eigenvalue weighted by Crippen LogP contribution is -2.19. The normalized spacial score (nSPS) is 18.3. The topological polar surface area (TPSA) is 119 Å². The molecule has 0 aromatic carbocycles. The number of nitrogens with two attached hydrogens (primary N) is 1. The number of hydrogen-bond acceptors (Lipinski definition) is 6. The molecule has 10 heteroatoms. The molecular weight excluding hydrogens is 360 g/mol. The van der Waals surface area contributed by atoms with Gasteiger partial charge in [-0.2, -0.15) is 12.6 Å². The van der Waals surface area contributed by atoms with E-state index in [4.69, 9.17) is 14.8 Å². The third kappa shape index (κ3) is 15.9. The predicted molar refractivity (Wildman–Crippen MR) is 96.5 cm³/mol. The van der Waals surface area contributed by atoms with Crippen LogP contribution in [0.4, 0.5) is 0 Å². The Kier molecular flexibility index (Phi) is 13.2. The number of thiol groups is 1. The van der Waals surface area contributed by atoms with Gasteiger partial charge in [0.2, 0.25) is 0 Å². The second kappa shape index (κ2) is 12.9. The van der Waals surface area contributed by atoms with Crippen LogP contribution in [0, 0.1) is 0 Å². The molecule has 0 aliphatic carbocycles. The summed E-state index contributed by atoms with van der Waals surface area (Å²) < 4.78 is 33.5. The van der Waals surface area contributed by atoms with E-state index in [1.165, 1.54) is 0 Å². The molecule has 0 aromatic heterocycles. The molecule has 4 N–H and O–H groups in total. The molecule has 7 nitrogen and oxygen atoms in total. The predicted octanol–water partition coefficient (Wildman–Crippen LogP) is 3.01. The van der Waals surface area contributed by atoms with Gasteiger partial charge in [0.15, 0.2) is 0 Å². The molecule has 0 fully saturated rings. The Morgan fingerprint density at radius 3 is 2.30 bits per heavy atom. The van der Waals surface area contributed by atoms with Crippen LogP contribution in [-0.4, -0.2) is 47.6 Å². The first-order valence-corrected chi connectivity index (χ1v) is 12.4. The van der Waals surface area contributed by atoms with Gasteiger partial charge in [-0.1, -0.05) is 12.8 Å². The van der Waals surface area contributed by atoms with E-state index in [1.54, 1.807) is 0 Å². The maximum atomic E-state index is 12.1. The summed E-state index contributed by atoms with van der Waals surface area (Å²) in [6.45, 7) is 1.41. The fourth-order valence-electron chi connectivity index (χ4n) is 1.97. The number of hydrogen-bond donors (Lipinski definition) is 4. The fourth-order valence-corrected chi connectivity index (χ4v) is 3.99. The molecule has 0 bridgehead atoms. The Hall–Kier alpha value is 0.610. The quantitative estimate of drug-likeness (QED) is 0.192. The summed E-state index contributed by atoms with van der Waals surface area (Å²) in [5, 5.41) is 0. The molecule has 0 rings (SSSR count). The van der Waals surface area contributed by atoms with Crippen LogP contribution in [-0.2, 0) is 18.2 Å². The molecule has 0 aliphatic heterocycles. The van der Waals surface area contributed by atoms with Gasteiger partial charge >= 0.3 is 15.2 Å². The van der Waals surface area contributed by atoms with Crippen molar-refractivity contribution in [3.63, 3.8) is 0 Å². The van der Waals surface area contributed by atoms with Gasteiger partial charge in [-0.3, -0.25) is 9.13 Å². The minimum Gasteiger partial charge on any atom is -0.330 e. The first-order chi connectivity index (χ1) is 10.7. The van der Waals surface area contributed by atoms with Gasteiger partial charge in [0.05, 0.1) is 12.7 Å². The minimum absolute atomic E-state index is 0.0792.